The highest BCUT2D eigenvalue weighted by Crippen LogP contribution is 2.00. The van der Waals surface area contributed by atoms with Crippen LogP contribution in [-0.2, 0) is 4.74 Å². The summed E-state index contributed by atoms with van der Waals surface area (Å²) in [5, 5.41) is 0. The van der Waals surface area contributed by atoms with Crippen molar-refractivity contribution in [3.63, 3.8) is 0 Å². The highest BCUT2D eigenvalue weighted by atomic mass is 35.5. The molecule has 0 aliphatic carbocycles. The van der Waals surface area contributed by atoms with Crippen LogP contribution in [0.25, 0.3) is 0 Å². The van der Waals surface area contributed by atoms with E-state index in [1.165, 1.54) is 0 Å². The molecule has 1 unspecified atom stereocenters. The second kappa shape index (κ2) is 4.16. The molecule has 2 heteroatoms. The Balaban J connectivity index is 2.98. The smallest absolute Gasteiger partial charge is 0.134 e. The Kier molecular flexibility index (Phi) is 4.15. The van der Waals surface area contributed by atoms with Gasteiger partial charge in [0.2, 0.25) is 0 Å². The highest BCUT2D eigenvalue weighted by molar-refractivity contribution is 6.19. The molecule has 0 spiro atoms. The number of alkyl halides is 1. The fourth-order valence-corrected chi connectivity index (χ4v) is 0.353. The third-order valence-electron chi connectivity index (χ3n) is 0.608. The maximum absolute atomic E-state index is 5.47. The average molecular weight is 121 g/mol. The summed E-state index contributed by atoms with van der Waals surface area (Å²) in [4.78, 5) is 0. The van der Waals surface area contributed by atoms with E-state index in [-0.39, 0.29) is 5.56 Å². The Hall–Kier alpha value is -0.0100. The van der Waals surface area contributed by atoms with Crippen molar-refractivity contribution in [1.29, 1.82) is 0 Å². The SMILES string of the molecule is C=CCC(Cl)OC. The first-order valence-electron chi connectivity index (χ1n) is 2.09. The molecule has 0 rings (SSSR count). The van der Waals surface area contributed by atoms with Crippen LogP contribution in [0.5, 0.6) is 0 Å². The van der Waals surface area contributed by atoms with Crippen LogP contribution < -0.4 is 0 Å². The fraction of sp³-hybridized carbons (Fsp3) is 0.600. The lowest BCUT2D eigenvalue weighted by Crippen LogP contribution is -1.97. The van der Waals surface area contributed by atoms with Crippen LogP contribution in [0.2, 0.25) is 0 Å². The number of methoxy groups -OCH3 is 1. The van der Waals surface area contributed by atoms with Gasteiger partial charge in [0.1, 0.15) is 5.56 Å². The summed E-state index contributed by atoms with van der Waals surface area (Å²) in [6.07, 6.45) is 2.43. The van der Waals surface area contributed by atoms with Crippen LogP contribution in [0.15, 0.2) is 12.7 Å². The zero-order valence-corrected chi connectivity index (χ0v) is 5.11. The summed E-state index contributed by atoms with van der Waals surface area (Å²) < 4.78 is 4.68. The van der Waals surface area contributed by atoms with E-state index >= 15 is 0 Å². The molecule has 0 aromatic carbocycles. The highest BCUT2D eigenvalue weighted by Gasteiger charge is 1.93. The van der Waals surface area contributed by atoms with E-state index in [9.17, 15) is 0 Å². The number of rotatable bonds is 3. The van der Waals surface area contributed by atoms with Crippen molar-refractivity contribution in [3.05, 3.63) is 12.7 Å². The second-order valence-corrected chi connectivity index (χ2v) is 1.66. The summed E-state index contributed by atoms with van der Waals surface area (Å²) in [5.74, 6) is 0. The van der Waals surface area contributed by atoms with Gasteiger partial charge in [-0.1, -0.05) is 17.7 Å². The third-order valence-corrected chi connectivity index (χ3v) is 0.964. The predicted octanol–water partition coefficient (Wildman–Crippen LogP) is 1.77. The Morgan fingerprint density at radius 1 is 2.00 bits per heavy atom. The van der Waals surface area contributed by atoms with E-state index < -0.39 is 0 Å². The minimum atomic E-state index is -0.197. The molecule has 0 heterocycles. The van der Waals surface area contributed by atoms with Gasteiger partial charge in [-0.15, -0.1) is 6.58 Å². The molecule has 42 valence electrons. The molecule has 0 aromatic rings. The van der Waals surface area contributed by atoms with E-state index in [1.807, 2.05) is 0 Å². The van der Waals surface area contributed by atoms with E-state index in [0.29, 0.717) is 6.42 Å². The number of hydrogen-bond donors (Lipinski definition) is 0. The van der Waals surface area contributed by atoms with Gasteiger partial charge in [0.25, 0.3) is 0 Å². The number of ether oxygens (including phenoxy) is 1. The van der Waals surface area contributed by atoms with Crippen LogP contribution in [-0.4, -0.2) is 12.7 Å². The molecule has 7 heavy (non-hydrogen) atoms. The first-order chi connectivity index (χ1) is 3.31. The topological polar surface area (TPSA) is 9.23 Å². The van der Waals surface area contributed by atoms with Gasteiger partial charge in [-0.05, 0) is 0 Å². The van der Waals surface area contributed by atoms with Gasteiger partial charge in [-0.2, -0.15) is 0 Å². The van der Waals surface area contributed by atoms with E-state index in [2.05, 4.69) is 11.3 Å². The molecule has 1 nitrogen and oxygen atoms in total. The Morgan fingerprint density at radius 3 is 2.71 bits per heavy atom. The van der Waals surface area contributed by atoms with Gasteiger partial charge in [0.15, 0.2) is 0 Å². The van der Waals surface area contributed by atoms with Gasteiger partial charge < -0.3 is 4.74 Å². The molecule has 0 N–H and O–H groups in total. The van der Waals surface area contributed by atoms with Crippen molar-refractivity contribution in [1.82, 2.24) is 0 Å². The van der Waals surface area contributed by atoms with Crippen molar-refractivity contribution in [2.45, 2.75) is 12.0 Å². The lowest BCUT2D eigenvalue weighted by atomic mass is 10.4. The molecular weight excluding hydrogens is 112 g/mol. The van der Waals surface area contributed by atoms with Gasteiger partial charge in [0, 0.05) is 13.5 Å². The van der Waals surface area contributed by atoms with E-state index in [0.717, 1.165) is 0 Å². The molecule has 0 radical (unpaired) electrons. The van der Waals surface area contributed by atoms with Crippen LogP contribution >= 0.6 is 11.6 Å². The number of halogens is 1. The summed E-state index contributed by atoms with van der Waals surface area (Å²) in [6.45, 7) is 3.48. The molecule has 0 aliphatic heterocycles. The second-order valence-electron chi connectivity index (χ2n) is 1.17. The maximum atomic E-state index is 5.47. The maximum Gasteiger partial charge on any atom is 0.134 e. The van der Waals surface area contributed by atoms with Crippen molar-refractivity contribution >= 4 is 11.6 Å². The molecule has 0 aliphatic rings. The zero-order chi connectivity index (χ0) is 5.70. The summed E-state index contributed by atoms with van der Waals surface area (Å²) >= 11 is 5.47. The molecule has 0 fully saturated rings. The van der Waals surface area contributed by atoms with Gasteiger partial charge in [0.05, 0.1) is 0 Å². The van der Waals surface area contributed by atoms with Crippen LogP contribution in [0.1, 0.15) is 6.42 Å². The van der Waals surface area contributed by atoms with Crippen LogP contribution in [0.3, 0.4) is 0 Å². The average Bonchev–Trinajstić information content (AvgIpc) is 1.68. The van der Waals surface area contributed by atoms with Crippen LogP contribution in [0, 0.1) is 0 Å². The van der Waals surface area contributed by atoms with Gasteiger partial charge in [-0.25, -0.2) is 0 Å². The van der Waals surface area contributed by atoms with Crippen molar-refractivity contribution in [2.75, 3.05) is 7.11 Å². The largest absolute Gasteiger partial charge is 0.365 e. The first-order valence-corrected chi connectivity index (χ1v) is 2.52. The minimum absolute atomic E-state index is 0.197. The zero-order valence-electron chi connectivity index (χ0n) is 4.36. The van der Waals surface area contributed by atoms with Crippen LogP contribution in [0.4, 0.5) is 0 Å². The molecule has 0 amide bonds. The quantitative estimate of drug-likeness (QED) is 0.408. The van der Waals surface area contributed by atoms with Crippen molar-refractivity contribution in [3.8, 4) is 0 Å². The Labute approximate surface area is 48.9 Å². The number of hydrogen-bond acceptors (Lipinski definition) is 1. The lowest BCUT2D eigenvalue weighted by molar-refractivity contribution is 0.170. The molecular formula is C5H9ClO. The Bertz CT molecular complexity index is 54.0. The summed E-state index contributed by atoms with van der Waals surface area (Å²) in [7, 11) is 1.57. The summed E-state index contributed by atoms with van der Waals surface area (Å²) in [5.41, 5.74) is -0.197. The van der Waals surface area contributed by atoms with Crippen molar-refractivity contribution in [2.24, 2.45) is 0 Å². The lowest BCUT2D eigenvalue weighted by Gasteiger charge is -1.99. The standard InChI is InChI=1S/C5H9ClO/c1-3-4-5(6)7-2/h3,5H,1,4H2,2H3. The van der Waals surface area contributed by atoms with Crippen molar-refractivity contribution < 1.29 is 4.74 Å². The van der Waals surface area contributed by atoms with E-state index in [1.54, 1.807) is 13.2 Å². The molecule has 0 aromatic heterocycles. The van der Waals surface area contributed by atoms with Gasteiger partial charge >= 0.3 is 0 Å². The molecule has 0 saturated carbocycles. The van der Waals surface area contributed by atoms with Gasteiger partial charge in [-0.3, -0.25) is 0 Å². The molecule has 0 bridgehead atoms. The fourth-order valence-electron chi connectivity index (χ4n) is 0.227. The molecule has 1 atom stereocenters. The normalized spacial score (nSPS) is 13.4. The minimum Gasteiger partial charge on any atom is -0.365 e. The van der Waals surface area contributed by atoms with E-state index in [4.69, 9.17) is 11.6 Å². The monoisotopic (exact) mass is 120 g/mol. The molecule has 0 saturated heterocycles. The third kappa shape index (κ3) is 3.83. The Morgan fingerprint density at radius 2 is 2.57 bits per heavy atom. The summed E-state index contributed by atoms with van der Waals surface area (Å²) in [6, 6.07) is 0. The predicted molar refractivity (Wildman–Crippen MR) is 31.5 cm³/mol. The first kappa shape index (κ1) is 6.99.